The van der Waals surface area contributed by atoms with E-state index in [2.05, 4.69) is 21.6 Å². The minimum absolute atomic E-state index is 0.0913. The van der Waals surface area contributed by atoms with Crippen LogP contribution in [0.15, 0.2) is 28.2 Å². The number of hydrogen-bond donors (Lipinski definition) is 6. The van der Waals surface area contributed by atoms with Crippen molar-refractivity contribution in [1.82, 2.24) is 21.2 Å². The minimum atomic E-state index is -3.86. The first-order valence-electron chi connectivity index (χ1n) is 5.39. The van der Waals surface area contributed by atoms with Crippen LogP contribution in [0.25, 0.3) is 0 Å². The molecule has 0 unspecified atom stereocenters. The van der Waals surface area contributed by atoms with Crippen molar-refractivity contribution in [2.75, 3.05) is 6.44 Å². The van der Waals surface area contributed by atoms with Gasteiger partial charge in [0.05, 0.1) is 9.92 Å². The fourth-order valence-electron chi connectivity index (χ4n) is 1.45. The highest BCUT2D eigenvalue weighted by molar-refractivity contribution is 7.89. The Morgan fingerprint density at radius 3 is 2.70 bits per heavy atom. The SMILES string of the molecule is O=S(=O)(NCB(O)O)c1ccc(C2=NNNN2)c(Cl)c1. The first-order valence-corrected chi connectivity index (χ1v) is 7.26. The lowest BCUT2D eigenvalue weighted by Crippen LogP contribution is -2.35. The van der Waals surface area contributed by atoms with Gasteiger partial charge in [-0.3, -0.25) is 5.43 Å². The Balaban J connectivity index is 2.24. The predicted octanol–water partition coefficient (Wildman–Crippen LogP) is -2.10. The molecule has 0 saturated carbocycles. The zero-order chi connectivity index (χ0) is 14.8. The number of halogens is 1. The third kappa shape index (κ3) is 3.39. The standard InChI is InChI=1S/C8H11BClN5O4S/c10-7-3-5(20(18,19)11-4-9(16)17)1-2-6(7)8-12-14-15-13-8/h1-3,11,14-17H,4H2,(H,12,13). The van der Waals surface area contributed by atoms with E-state index in [1.165, 1.54) is 18.2 Å². The van der Waals surface area contributed by atoms with E-state index in [-0.39, 0.29) is 9.92 Å². The van der Waals surface area contributed by atoms with E-state index in [4.69, 9.17) is 21.6 Å². The van der Waals surface area contributed by atoms with Crippen LogP contribution in [0, 0.1) is 0 Å². The number of rotatable bonds is 5. The lowest BCUT2D eigenvalue weighted by atomic mass is 9.94. The van der Waals surface area contributed by atoms with E-state index in [9.17, 15) is 8.42 Å². The van der Waals surface area contributed by atoms with E-state index in [1.54, 1.807) is 0 Å². The van der Waals surface area contributed by atoms with Gasteiger partial charge < -0.3 is 10.0 Å². The van der Waals surface area contributed by atoms with Crippen LogP contribution in [0.3, 0.4) is 0 Å². The molecule has 0 aliphatic carbocycles. The zero-order valence-electron chi connectivity index (χ0n) is 9.96. The smallest absolute Gasteiger partial charge is 0.426 e. The van der Waals surface area contributed by atoms with Gasteiger partial charge in [0, 0.05) is 12.0 Å². The van der Waals surface area contributed by atoms with E-state index in [0.29, 0.717) is 11.4 Å². The number of hydrogen-bond acceptors (Lipinski definition) is 8. The van der Waals surface area contributed by atoms with Crippen LogP contribution in [0.5, 0.6) is 0 Å². The van der Waals surface area contributed by atoms with Gasteiger partial charge in [-0.1, -0.05) is 11.6 Å². The van der Waals surface area contributed by atoms with Crippen molar-refractivity contribution in [3.63, 3.8) is 0 Å². The highest BCUT2D eigenvalue weighted by Crippen LogP contribution is 2.21. The molecule has 12 heteroatoms. The Morgan fingerprint density at radius 2 is 2.15 bits per heavy atom. The average molecular weight is 320 g/mol. The van der Waals surface area contributed by atoms with Gasteiger partial charge in [0.1, 0.15) is 0 Å². The summed E-state index contributed by atoms with van der Waals surface area (Å²) in [5, 5.41) is 21.4. The molecular weight excluding hydrogens is 308 g/mol. The summed E-state index contributed by atoms with van der Waals surface area (Å²) in [6.45, 7) is 0. The summed E-state index contributed by atoms with van der Waals surface area (Å²) in [6.07, 6.45) is -0.510. The minimum Gasteiger partial charge on any atom is -0.426 e. The number of benzene rings is 1. The monoisotopic (exact) mass is 319 g/mol. The normalized spacial score (nSPS) is 14.4. The van der Waals surface area contributed by atoms with Crippen LogP contribution < -0.4 is 21.2 Å². The molecule has 2 rings (SSSR count). The summed E-state index contributed by atoms with van der Waals surface area (Å²) >= 11 is 6.01. The maximum Gasteiger partial charge on any atom is 0.467 e. The molecule has 1 aromatic carbocycles. The molecular formula is C8H11BClN5O4S. The average Bonchev–Trinajstić information content (AvgIpc) is 2.90. The molecule has 0 saturated heterocycles. The summed E-state index contributed by atoms with van der Waals surface area (Å²) in [5.41, 5.74) is 8.18. The van der Waals surface area contributed by atoms with E-state index < -0.39 is 23.6 Å². The summed E-state index contributed by atoms with van der Waals surface area (Å²) in [7, 11) is -5.63. The molecule has 1 aliphatic heterocycles. The van der Waals surface area contributed by atoms with E-state index >= 15 is 0 Å². The van der Waals surface area contributed by atoms with Gasteiger partial charge in [-0.15, -0.1) is 10.6 Å². The largest absolute Gasteiger partial charge is 0.467 e. The number of hydrazine groups is 2. The summed E-state index contributed by atoms with van der Waals surface area (Å²) in [5.74, 6) is 0.415. The molecule has 20 heavy (non-hydrogen) atoms. The van der Waals surface area contributed by atoms with Gasteiger partial charge in [0.15, 0.2) is 5.84 Å². The molecule has 0 atom stereocenters. The van der Waals surface area contributed by atoms with Gasteiger partial charge in [-0.2, -0.15) is 0 Å². The van der Waals surface area contributed by atoms with Crippen LogP contribution in [-0.2, 0) is 10.0 Å². The highest BCUT2D eigenvalue weighted by atomic mass is 35.5. The van der Waals surface area contributed by atoms with Gasteiger partial charge in [-0.05, 0) is 18.2 Å². The molecule has 9 nitrogen and oxygen atoms in total. The summed E-state index contributed by atoms with van der Waals surface area (Å²) in [4.78, 5) is -0.0913. The topological polar surface area (TPSA) is 135 Å². The third-order valence-electron chi connectivity index (χ3n) is 2.37. The van der Waals surface area contributed by atoms with Gasteiger partial charge in [-0.25, -0.2) is 18.7 Å². The van der Waals surface area contributed by atoms with Crippen LogP contribution in [-0.4, -0.2) is 37.9 Å². The first-order chi connectivity index (χ1) is 9.40. The van der Waals surface area contributed by atoms with Gasteiger partial charge in [0.2, 0.25) is 10.0 Å². The maximum atomic E-state index is 11.9. The number of sulfonamides is 1. The van der Waals surface area contributed by atoms with Crippen molar-refractivity contribution >= 4 is 34.6 Å². The zero-order valence-corrected chi connectivity index (χ0v) is 11.5. The highest BCUT2D eigenvalue weighted by Gasteiger charge is 2.20. The quantitative estimate of drug-likeness (QED) is 0.342. The van der Waals surface area contributed by atoms with Crippen LogP contribution in [0.2, 0.25) is 5.02 Å². The second-order valence-corrected chi connectivity index (χ2v) is 5.97. The molecule has 0 fully saturated rings. The molecule has 0 spiro atoms. The molecule has 1 aliphatic rings. The van der Waals surface area contributed by atoms with Crippen LogP contribution in [0.1, 0.15) is 5.56 Å². The van der Waals surface area contributed by atoms with Crippen molar-refractivity contribution < 1.29 is 18.5 Å². The number of nitrogens with one attached hydrogen (secondary N) is 4. The second kappa shape index (κ2) is 5.95. The van der Waals surface area contributed by atoms with E-state index in [0.717, 1.165) is 0 Å². The van der Waals surface area contributed by atoms with Crippen LogP contribution >= 0.6 is 11.6 Å². The molecule has 0 bridgehead atoms. The second-order valence-electron chi connectivity index (χ2n) is 3.80. The number of nitrogens with zero attached hydrogens (tertiary/aromatic N) is 1. The fraction of sp³-hybridized carbons (Fsp3) is 0.125. The molecule has 6 N–H and O–H groups in total. The Morgan fingerprint density at radius 1 is 1.40 bits per heavy atom. The van der Waals surface area contributed by atoms with Crippen molar-refractivity contribution in [2.45, 2.75) is 4.90 Å². The maximum absolute atomic E-state index is 11.9. The molecule has 0 radical (unpaired) electrons. The molecule has 0 aromatic heterocycles. The fourth-order valence-corrected chi connectivity index (χ4v) is 2.84. The summed E-state index contributed by atoms with van der Waals surface area (Å²) in [6, 6.07) is 4.05. The first kappa shape index (κ1) is 15.0. The summed E-state index contributed by atoms with van der Waals surface area (Å²) < 4.78 is 25.8. The Bertz CT molecular complexity index is 638. The number of amidine groups is 1. The molecule has 1 heterocycles. The lowest BCUT2D eigenvalue weighted by Gasteiger charge is -2.09. The van der Waals surface area contributed by atoms with Crippen molar-refractivity contribution in [3.8, 4) is 0 Å². The molecule has 1 aromatic rings. The predicted molar refractivity (Wildman–Crippen MR) is 72.8 cm³/mol. The molecule has 0 amide bonds. The number of hydrazone groups is 1. The Hall–Kier alpha value is -1.37. The van der Waals surface area contributed by atoms with Crippen molar-refractivity contribution in [3.05, 3.63) is 28.8 Å². The lowest BCUT2D eigenvalue weighted by molar-refractivity contribution is 0.404. The van der Waals surface area contributed by atoms with Gasteiger partial charge >= 0.3 is 7.12 Å². The van der Waals surface area contributed by atoms with Gasteiger partial charge in [0.25, 0.3) is 0 Å². The Labute approximate surface area is 120 Å². The Kier molecular flexibility index (Phi) is 4.47. The van der Waals surface area contributed by atoms with Crippen molar-refractivity contribution in [2.24, 2.45) is 5.10 Å². The van der Waals surface area contributed by atoms with Crippen LogP contribution in [0.4, 0.5) is 0 Å². The molecule has 108 valence electrons. The van der Waals surface area contributed by atoms with Crippen molar-refractivity contribution in [1.29, 1.82) is 0 Å². The van der Waals surface area contributed by atoms with E-state index in [1.807, 2.05) is 4.72 Å². The third-order valence-corrected chi connectivity index (χ3v) is 4.10.